The molecule has 1 heterocycles. The first-order chi connectivity index (χ1) is 10.2. The van der Waals surface area contributed by atoms with Crippen LogP contribution in [0.3, 0.4) is 0 Å². The highest BCUT2D eigenvalue weighted by Gasteiger charge is 2.12. The zero-order chi connectivity index (χ0) is 15.2. The van der Waals surface area contributed by atoms with Crippen molar-refractivity contribution in [2.24, 2.45) is 0 Å². The smallest absolute Gasteiger partial charge is 0.271 e. The minimum absolute atomic E-state index is 0.0233. The summed E-state index contributed by atoms with van der Waals surface area (Å²) in [5.41, 5.74) is 0.605. The lowest BCUT2D eigenvalue weighted by molar-refractivity contribution is -0.384. The molecule has 0 fully saturated rings. The molecule has 0 unspecified atom stereocenters. The van der Waals surface area contributed by atoms with Crippen molar-refractivity contribution in [3.8, 4) is 5.75 Å². The van der Waals surface area contributed by atoms with Crippen LogP contribution in [0.4, 0.5) is 11.4 Å². The first kappa shape index (κ1) is 14.8. The lowest BCUT2D eigenvalue weighted by Crippen LogP contribution is -2.09. The van der Waals surface area contributed by atoms with Crippen LogP contribution in [0, 0.1) is 10.1 Å². The number of aromatic nitrogens is 2. The lowest BCUT2D eigenvalue weighted by Gasteiger charge is -2.12. The molecule has 1 N–H and O–H groups in total. The number of methoxy groups -OCH3 is 1. The predicted octanol–water partition coefficient (Wildman–Crippen LogP) is 2.82. The molecule has 1 aromatic heterocycles. The Labute approximate surface area is 122 Å². The summed E-state index contributed by atoms with van der Waals surface area (Å²) in [6.07, 6.45) is 4.69. The third kappa shape index (κ3) is 3.50. The molecule has 0 atom stereocenters. The number of nitrogens with one attached hydrogen (secondary N) is 1. The van der Waals surface area contributed by atoms with Crippen molar-refractivity contribution in [2.45, 2.75) is 26.4 Å². The summed E-state index contributed by atoms with van der Waals surface area (Å²) in [5.74, 6) is 1.44. The molecule has 7 heteroatoms. The van der Waals surface area contributed by atoms with Gasteiger partial charge in [-0.25, -0.2) is 4.98 Å². The van der Waals surface area contributed by atoms with Crippen LogP contribution < -0.4 is 10.1 Å². The largest absolute Gasteiger partial charge is 0.495 e. The van der Waals surface area contributed by atoms with Crippen molar-refractivity contribution in [1.82, 2.24) is 9.55 Å². The molecule has 1 aromatic carbocycles. The Morgan fingerprint density at radius 1 is 1.48 bits per heavy atom. The van der Waals surface area contributed by atoms with E-state index in [2.05, 4.69) is 21.8 Å². The van der Waals surface area contributed by atoms with Crippen molar-refractivity contribution in [2.75, 3.05) is 12.4 Å². The molecule has 0 amide bonds. The first-order valence-electron chi connectivity index (χ1n) is 6.72. The van der Waals surface area contributed by atoms with Gasteiger partial charge in [0.15, 0.2) is 0 Å². The van der Waals surface area contributed by atoms with Gasteiger partial charge in [-0.05, 0) is 12.5 Å². The Bertz CT molecular complexity index is 624. The number of benzene rings is 1. The highest BCUT2D eigenvalue weighted by Crippen LogP contribution is 2.29. The second kappa shape index (κ2) is 6.74. The highest BCUT2D eigenvalue weighted by atomic mass is 16.6. The van der Waals surface area contributed by atoms with Crippen LogP contribution in [0.1, 0.15) is 19.2 Å². The van der Waals surface area contributed by atoms with E-state index >= 15 is 0 Å². The topological polar surface area (TPSA) is 82.2 Å². The van der Waals surface area contributed by atoms with Gasteiger partial charge < -0.3 is 14.6 Å². The summed E-state index contributed by atoms with van der Waals surface area (Å²) >= 11 is 0. The van der Waals surface area contributed by atoms with E-state index in [1.165, 1.54) is 19.2 Å². The molecule has 0 bridgehead atoms. The fourth-order valence-electron chi connectivity index (χ4n) is 2.07. The van der Waals surface area contributed by atoms with Gasteiger partial charge in [0, 0.05) is 31.1 Å². The SMILES string of the molecule is CCCn1ccnc1CNc1cc([N+](=O)[O-])ccc1OC. The summed E-state index contributed by atoms with van der Waals surface area (Å²) in [6, 6.07) is 4.47. The number of imidazole rings is 1. The summed E-state index contributed by atoms with van der Waals surface area (Å²) in [6.45, 7) is 3.47. The molecule has 0 saturated carbocycles. The highest BCUT2D eigenvalue weighted by molar-refractivity contribution is 5.61. The molecule has 21 heavy (non-hydrogen) atoms. The fourth-order valence-corrected chi connectivity index (χ4v) is 2.07. The van der Waals surface area contributed by atoms with Crippen LogP contribution in [0.2, 0.25) is 0 Å². The van der Waals surface area contributed by atoms with Crippen LogP contribution in [0.5, 0.6) is 5.75 Å². The van der Waals surface area contributed by atoms with Crippen LogP contribution in [-0.4, -0.2) is 21.6 Å². The molecule has 0 aliphatic rings. The Kier molecular flexibility index (Phi) is 4.76. The third-order valence-corrected chi connectivity index (χ3v) is 3.10. The average Bonchev–Trinajstić information content (AvgIpc) is 2.92. The van der Waals surface area contributed by atoms with E-state index in [4.69, 9.17) is 4.74 Å². The molecule has 112 valence electrons. The van der Waals surface area contributed by atoms with Gasteiger partial charge in [-0.3, -0.25) is 10.1 Å². The van der Waals surface area contributed by atoms with Crippen LogP contribution in [0.15, 0.2) is 30.6 Å². The van der Waals surface area contributed by atoms with Crippen molar-refractivity contribution >= 4 is 11.4 Å². The molecule has 0 spiro atoms. The maximum absolute atomic E-state index is 10.8. The Morgan fingerprint density at radius 3 is 2.95 bits per heavy atom. The van der Waals surface area contributed by atoms with E-state index < -0.39 is 4.92 Å². The fraction of sp³-hybridized carbons (Fsp3) is 0.357. The number of aryl methyl sites for hydroxylation is 1. The Morgan fingerprint density at radius 2 is 2.29 bits per heavy atom. The monoisotopic (exact) mass is 290 g/mol. The van der Waals surface area contributed by atoms with Gasteiger partial charge in [0.05, 0.1) is 24.3 Å². The van der Waals surface area contributed by atoms with Gasteiger partial charge in [0.1, 0.15) is 11.6 Å². The minimum atomic E-state index is -0.428. The molecule has 0 radical (unpaired) electrons. The lowest BCUT2D eigenvalue weighted by atomic mass is 10.2. The van der Waals surface area contributed by atoms with E-state index in [1.54, 1.807) is 12.3 Å². The van der Waals surface area contributed by atoms with E-state index in [-0.39, 0.29) is 5.69 Å². The van der Waals surface area contributed by atoms with E-state index in [0.29, 0.717) is 18.0 Å². The number of hydrogen-bond donors (Lipinski definition) is 1. The summed E-state index contributed by atoms with van der Waals surface area (Å²) in [5, 5.41) is 14.0. The molecule has 0 aliphatic carbocycles. The maximum atomic E-state index is 10.8. The molecule has 2 aromatic rings. The Hall–Kier alpha value is -2.57. The van der Waals surface area contributed by atoms with Crippen molar-refractivity contribution in [3.63, 3.8) is 0 Å². The van der Waals surface area contributed by atoms with Gasteiger partial charge in [0.2, 0.25) is 0 Å². The first-order valence-corrected chi connectivity index (χ1v) is 6.72. The van der Waals surface area contributed by atoms with Gasteiger partial charge in [0.25, 0.3) is 5.69 Å². The van der Waals surface area contributed by atoms with E-state index in [1.807, 2.05) is 6.20 Å². The molecule has 7 nitrogen and oxygen atoms in total. The summed E-state index contributed by atoms with van der Waals surface area (Å²) in [4.78, 5) is 14.7. The second-order valence-corrected chi connectivity index (χ2v) is 4.53. The molecule has 2 rings (SSSR count). The van der Waals surface area contributed by atoms with Crippen molar-refractivity contribution in [3.05, 3.63) is 46.5 Å². The number of non-ortho nitro benzene ring substituents is 1. The zero-order valence-corrected chi connectivity index (χ0v) is 12.1. The van der Waals surface area contributed by atoms with E-state index in [9.17, 15) is 10.1 Å². The molecule has 0 aliphatic heterocycles. The number of hydrogen-bond acceptors (Lipinski definition) is 5. The van der Waals surface area contributed by atoms with Gasteiger partial charge in [-0.2, -0.15) is 0 Å². The zero-order valence-electron chi connectivity index (χ0n) is 12.1. The molecule has 0 saturated heterocycles. The number of nitrogens with zero attached hydrogens (tertiary/aromatic N) is 3. The quantitative estimate of drug-likeness (QED) is 0.626. The maximum Gasteiger partial charge on any atom is 0.271 e. The average molecular weight is 290 g/mol. The van der Waals surface area contributed by atoms with Crippen LogP contribution in [-0.2, 0) is 13.1 Å². The summed E-state index contributed by atoms with van der Waals surface area (Å²) in [7, 11) is 1.53. The standard InChI is InChI=1S/C14H18N4O3/c1-3-7-17-8-6-15-14(17)10-16-12-9-11(18(19)20)4-5-13(12)21-2/h4-6,8-9,16H,3,7,10H2,1-2H3. The number of nitro benzene ring substituents is 1. The number of rotatable bonds is 7. The number of anilines is 1. The van der Waals surface area contributed by atoms with Gasteiger partial charge in [-0.15, -0.1) is 0 Å². The van der Waals surface area contributed by atoms with Crippen LogP contribution in [0.25, 0.3) is 0 Å². The van der Waals surface area contributed by atoms with Crippen molar-refractivity contribution < 1.29 is 9.66 Å². The second-order valence-electron chi connectivity index (χ2n) is 4.53. The number of nitro groups is 1. The van der Waals surface area contributed by atoms with Gasteiger partial charge >= 0.3 is 0 Å². The van der Waals surface area contributed by atoms with E-state index in [0.717, 1.165) is 18.8 Å². The van der Waals surface area contributed by atoms with Crippen molar-refractivity contribution in [1.29, 1.82) is 0 Å². The molecular weight excluding hydrogens is 272 g/mol. The minimum Gasteiger partial charge on any atom is -0.495 e. The summed E-state index contributed by atoms with van der Waals surface area (Å²) < 4.78 is 7.27. The number of ether oxygens (including phenoxy) is 1. The normalized spacial score (nSPS) is 10.4. The van der Waals surface area contributed by atoms with Gasteiger partial charge in [-0.1, -0.05) is 6.92 Å². The predicted molar refractivity (Wildman–Crippen MR) is 79.5 cm³/mol. The molecular formula is C14H18N4O3. The third-order valence-electron chi connectivity index (χ3n) is 3.10. The Balaban J connectivity index is 2.16. The van der Waals surface area contributed by atoms with Crippen LogP contribution >= 0.6 is 0 Å².